The Morgan fingerprint density at radius 2 is 1.73 bits per heavy atom. The molecule has 0 unspecified atom stereocenters. The summed E-state index contributed by atoms with van der Waals surface area (Å²) in [5.41, 5.74) is 5.17. The lowest BCUT2D eigenvalue weighted by Gasteiger charge is -2.14. The monoisotopic (exact) mass is 515 g/mol. The van der Waals surface area contributed by atoms with E-state index in [1.165, 1.54) is 19.6 Å². The fraction of sp³-hybridized carbons (Fsp3) is 0.185. The van der Waals surface area contributed by atoms with Crippen molar-refractivity contribution >= 4 is 9.84 Å². The molecule has 10 heteroatoms. The van der Waals surface area contributed by atoms with Crippen molar-refractivity contribution in [1.29, 1.82) is 0 Å². The van der Waals surface area contributed by atoms with Crippen molar-refractivity contribution < 1.29 is 17.6 Å². The Labute approximate surface area is 214 Å². The molecule has 9 nitrogen and oxygen atoms in total. The van der Waals surface area contributed by atoms with Crippen molar-refractivity contribution in [3.63, 3.8) is 0 Å². The van der Waals surface area contributed by atoms with E-state index in [-0.39, 0.29) is 4.90 Å². The van der Waals surface area contributed by atoms with Gasteiger partial charge in [-0.15, -0.1) is 0 Å². The van der Waals surface area contributed by atoms with Gasteiger partial charge < -0.3 is 13.7 Å². The van der Waals surface area contributed by atoms with E-state index in [9.17, 15) is 8.42 Å². The van der Waals surface area contributed by atoms with Crippen LogP contribution >= 0.6 is 0 Å². The van der Waals surface area contributed by atoms with Gasteiger partial charge in [-0.05, 0) is 49.2 Å². The van der Waals surface area contributed by atoms with Crippen LogP contribution < -0.4 is 4.74 Å². The summed E-state index contributed by atoms with van der Waals surface area (Å²) in [7, 11) is -1.83. The Morgan fingerprint density at radius 3 is 2.38 bits per heavy atom. The molecule has 37 heavy (non-hydrogen) atoms. The Bertz CT molecular complexity index is 1720. The fourth-order valence-corrected chi connectivity index (χ4v) is 4.87. The third-order valence-corrected chi connectivity index (χ3v) is 7.02. The van der Waals surface area contributed by atoms with Gasteiger partial charge in [0.2, 0.25) is 5.88 Å². The molecule has 0 aliphatic heterocycles. The molecule has 3 aromatic heterocycles. The number of aryl methyl sites for hydroxylation is 3. The van der Waals surface area contributed by atoms with Gasteiger partial charge in [0.15, 0.2) is 21.5 Å². The summed E-state index contributed by atoms with van der Waals surface area (Å²) < 4.78 is 37.5. The second-order valence-corrected chi connectivity index (χ2v) is 10.7. The molecule has 3 heterocycles. The molecular formula is C27H25N5O4S. The van der Waals surface area contributed by atoms with Gasteiger partial charge in [-0.3, -0.25) is 0 Å². The number of ether oxygens (including phenoxy) is 1. The molecule has 0 saturated carbocycles. The molecule has 5 aromatic rings. The second-order valence-electron chi connectivity index (χ2n) is 8.69. The van der Waals surface area contributed by atoms with Crippen LogP contribution in [0.4, 0.5) is 0 Å². The van der Waals surface area contributed by atoms with Gasteiger partial charge >= 0.3 is 0 Å². The van der Waals surface area contributed by atoms with Gasteiger partial charge in [0.1, 0.15) is 17.2 Å². The SMILES string of the molecule is COc1cnc(-c2oc(C)nc2-c2cc(-c3cccc(S(C)(=O)=O)c3)ccc2-n2cc(C)nc2C)cn1. The first-order valence-electron chi connectivity index (χ1n) is 11.5. The Hall–Kier alpha value is -4.31. The normalized spacial score (nSPS) is 11.6. The van der Waals surface area contributed by atoms with E-state index in [1.54, 1.807) is 31.3 Å². The lowest BCUT2D eigenvalue weighted by molar-refractivity contribution is 0.395. The average molecular weight is 516 g/mol. The highest BCUT2D eigenvalue weighted by atomic mass is 32.2. The highest BCUT2D eigenvalue weighted by molar-refractivity contribution is 7.90. The zero-order valence-corrected chi connectivity index (χ0v) is 21.9. The number of methoxy groups -OCH3 is 1. The van der Waals surface area contributed by atoms with Crippen molar-refractivity contribution in [2.45, 2.75) is 25.7 Å². The molecule has 0 atom stereocenters. The molecule has 188 valence electrons. The van der Waals surface area contributed by atoms with E-state index in [4.69, 9.17) is 14.1 Å². The van der Waals surface area contributed by atoms with E-state index < -0.39 is 9.84 Å². The van der Waals surface area contributed by atoms with E-state index in [0.717, 1.165) is 33.9 Å². The largest absolute Gasteiger partial charge is 0.480 e. The number of sulfone groups is 1. The van der Waals surface area contributed by atoms with E-state index in [1.807, 2.05) is 48.9 Å². The maximum atomic E-state index is 12.2. The van der Waals surface area contributed by atoms with E-state index in [0.29, 0.717) is 28.9 Å². The van der Waals surface area contributed by atoms with Crippen LogP contribution in [0.25, 0.3) is 39.5 Å². The molecule has 0 amide bonds. The topological polar surface area (TPSA) is 113 Å². The molecule has 0 aliphatic rings. The van der Waals surface area contributed by atoms with Crippen LogP contribution in [0.2, 0.25) is 0 Å². The van der Waals surface area contributed by atoms with Crippen molar-refractivity contribution in [2.24, 2.45) is 0 Å². The molecule has 0 bridgehead atoms. The zero-order chi connectivity index (χ0) is 26.3. The summed E-state index contributed by atoms with van der Waals surface area (Å²) in [4.78, 5) is 18.3. The Kier molecular flexibility index (Phi) is 6.12. The number of benzene rings is 2. The van der Waals surface area contributed by atoms with Crippen LogP contribution in [0.3, 0.4) is 0 Å². The molecule has 2 aromatic carbocycles. The quantitative estimate of drug-likeness (QED) is 0.311. The number of aromatic nitrogens is 5. The van der Waals surface area contributed by atoms with Gasteiger partial charge in [0, 0.05) is 24.9 Å². The van der Waals surface area contributed by atoms with Gasteiger partial charge in [0.05, 0.1) is 35.8 Å². The van der Waals surface area contributed by atoms with E-state index in [2.05, 4.69) is 15.0 Å². The summed E-state index contributed by atoms with van der Waals surface area (Å²) in [5.74, 6) is 2.14. The minimum absolute atomic E-state index is 0.253. The Morgan fingerprint density at radius 1 is 0.946 bits per heavy atom. The first-order chi connectivity index (χ1) is 17.6. The smallest absolute Gasteiger partial charge is 0.232 e. The predicted octanol–water partition coefficient (Wildman–Crippen LogP) is 4.99. The number of rotatable bonds is 6. The van der Waals surface area contributed by atoms with Crippen LogP contribution in [0.15, 0.2) is 70.4 Å². The number of oxazole rings is 1. The highest BCUT2D eigenvalue weighted by Gasteiger charge is 2.22. The molecule has 0 spiro atoms. The number of nitrogens with zero attached hydrogens (tertiary/aromatic N) is 5. The maximum absolute atomic E-state index is 12.2. The van der Waals surface area contributed by atoms with Crippen LogP contribution in [-0.4, -0.2) is 46.3 Å². The summed E-state index contributed by atoms with van der Waals surface area (Å²) >= 11 is 0. The van der Waals surface area contributed by atoms with Crippen LogP contribution in [-0.2, 0) is 9.84 Å². The number of imidazole rings is 1. The summed E-state index contributed by atoms with van der Waals surface area (Å²) in [6.07, 6.45) is 6.26. The van der Waals surface area contributed by atoms with Crippen LogP contribution in [0.5, 0.6) is 5.88 Å². The van der Waals surface area contributed by atoms with Crippen LogP contribution in [0, 0.1) is 20.8 Å². The molecular weight excluding hydrogens is 490 g/mol. The van der Waals surface area contributed by atoms with Crippen molar-refractivity contribution in [2.75, 3.05) is 13.4 Å². The first kappa shape index (κ1) is 24.4. The van der Waals surface area contributed by atoms with Crippen molar-refractivity contribution in [3.05, 3.63) is 78.5 Å². The van der Waals surface area contributed by atoms with Crippen molar-refractivity contribution in [3.8, 4) is 45.4 Å². The molecule has 0 radical (unpaired) electrons. The summed E-state index contributed by atoms with van der Waals surface area (Å²) in [6.45, 7) is 5.65. The number of hydrogen-bond acceptors (Lipinski definition) is 8. The molecule has 0 aliphatic carbocycles. The maximum Gasteiger partial charge on any atom is 0.232 e. The highest BCUT2D eigenvalue weighted by Crippen LogP contribution is 2.38. The zero-order valence-electron chi connectivity index (χ0n) is 21.1. The number of hydrogen-bond donors (Lipinski definition) is 0. The average Bonchev–Trinajstić information content (AvgIpc) is 3.44. The summed E-state index contributed by atoms with van der Waals surface area (Å²) in [5, 5.41) is 0. The summed E-state index contributed by atoms with van der Waals surface area (Å²) in [6, 6.07) is 12.8. The van der Waals surface area contributed by atoms with Gasteiger partial charge in [-0.2, -0.15) is 0 Å². The minimum atomic E-state index is -3.36. The molecule has 0 saturated heterocycles. The molecule has 5 rings (SSSR count). The van der Waals surface area contributed by atoms with Gasteiger partial charge in [-0.1, -0.05) is 18.2 Å². The van der Waals surface area contributed by atoms with Gasteiger partial charge in [-0.25, -0.2) is 28.4 Å². The third kappa shape index (κ3) is 4.75. The molecule has 0 fully saturated rings. The predicted molar refractivity (Wildman–Crippen MR) is 139 cm³/mol. The van der Waals surface area contributed by atoms with E-state index >= 15 is 0 Å². The third-order valence-electron chi connectivity index (χ3n) is 5.91. The van der Waals surface area contributed by atoms with Gasteiger partial charge in [0.25, 0.3) is 0 Å². The first-order valence-corrected chi connectivity index (χ1v) is 13.3. The molecule has 0 N–H and O–H groups in total. The van der Waals surface area contributed by atoms with Crippen LogP contribution in [0.1, 0.15) is 17.4 Å². The lowest BCUT2D eigenvalue weighted by atomic mass is 9.99. The lowest BCUT2D eigenvalue weighted by Crippen LogP contribution is -2.01. The standard InChI is InChI=1S/C27H25N5O4S/c1-16-15-32(17(2)30-16)24-10-9-20(19-7-6-8-21(11-19)37(5,33)34)12-22(24)26-27(36-18(3)31-26)23-13-29-25(35-4)14-28-23/h6-15H,1-5H3. The van der Waals surface area contributed by atoms with Crippen molar-refractivity contribution in [1.82, 2.24) is 24.5 Å². The fourth-order valence-electron chi connectivity index (χ4n) is 4.21. The Balaban J connectivity index is 1.75. The minimum Gasteiger partial charge on any atom is -0.480 e. The second kappa shape index (κ2) is 9.29.